The Balaban J connectivity index is 3.19. The Bertz CT molecular complexity index is 386. The summed E-state index contributed by atoms with van der Waals surface area (Å²) in [7, 11) is 2.10. The van der Waals surface area contributed by atoms with Gasteiger partial charge in [0, 0.05) is 18.3 Å². The topological polar surface area (TPSA) is 29.3 Å². The predicted octanol–water partition coefficient (Wildman–Crippen LogP) is 3.86. The second-order valence-electron chi connectivity index (χ2n) is 4.89. The molecule has 0 radical (unpaired) electrons. The van der Waals surface area contributed by atoms with E-state index >= 15 is 0 Å². The number of hydrogen-bond donors (Lipinski definition) is 1. The van der Waals surface area contributed by atoms with Crippen molar-refractivity contribution in [1.29, 1.82) is 0 Å². The molecular formula is C13H21ClN2. The van der Waals surface area contributed by atoms with Gasteiger partial charge in [-0.3, -0.25) is 0 Å². The highest BCUT2D eigenvalue weighted by molar-refractivity contribution is 6.33. The number of hydrogen-bond acceptors (Lipinski definition) is 2. The highest BCUT2D eigenvalue weighted by Gasteiger charge is 2.23. The van der Waals surface area contributed by atoms with E-state index in [1.807, 2.05) is 12.1 Å². The fourth-order valence-electron chi connectivity index (χ4n) is 1.62. The molecule has 0 spiro atoms. The molecule has 2 nitrogen and oxygen atoms in total. The first-order valence-electron chi connectivity index (χ1n) is 5.59. The summed E-state index contributed by atoms with van der Waals surface area (Å²) in [5, 5.41) is 0.624. The zero-order valence-corrected chi connectivity index (χ0v) is 11.5. The van der Waals surface area contributed by atoms with E-state index < -0.39 is 0 Å². The third kappa shape index (κ3) is 2.43. The van der Waals surface area contributed by atoms with Gasteiger partial charge < -0.3 is 10.6 Å². The Hall–Kier alpha value is -0.890. The fourth-order valence-corrected chi connectivity index (χ4v) is 1.78. The Morgan fingerprint density at radius 1 is 1.38 bits per heavy atom. The van der Waals surface area contributed by atoms with Gasteiger partial charge in [0.25, 0.3) is 0 Å². The van der Waals surface area contributed by atoms with E-state index in [9.17, 15) is 0 Å². The molecule has 1 rings (SSSR count). The number of aryl methyl sites for hydroxylation is 1. The molecule has 0 aliphatic rings. The Kier molecular flexibility index (Phi) is 3.74. The largest absolute Gasteiger partial charge is 0.398 e. The van der Waals surface area contributed by atoms with Crippen molar-refractivity contribution in [3.63, 3.8) is 0 Å². The molecule has 90 valence electrons. The molecule has 0 amide bonds. The quantitative estimate of drug-likeness (QED) is 0.813. The lowest BCUT2D eigenvalue weighted by Gasteiger charge is -2.38. The van der Waals surface area contributed by atoms with Crippen LogP contribution in [0.1, 0.15) is 32.8 Å². The first-order chi connectivity index (χ1) is 7.29. The van der Waals surface area contributed by atoms with Crippen LogP contribution in [0, 0.1) is 6.92 Å². The standard InChI is InChI=1S/C13H21ClN2/c1-6-13(3,4)16(5)12-8-10(14)11(15)7-9(12)2/h7-8H,6,15H2,1-5H3. The number of nitrogens with two attached hydrogens (primary N) is 1. The average molecular weight is 241 g/mol. The summed E-state index contributed by atoms with van der Waals surface area (Å²) >= 11 is 6.07. The van der Waals surface area contributed by atoms with Gasteiger partial charge in [-0.15, -0.1) is 0 Å². The van der Waals surface area contributed by atoms with E-state index in [0.717, 1.165) is 17.7 Å². The minimum absolute atomic E-state index is 0.115. The van der Waals surface area contributed by atoms with E-state index in [-0.39, 0.29) is 5.54 Å². The molecule has 0 heterocycles. The Morgan fingerprint density at radius 2 is 1.94 bits per heavy atom. The summed E-state index contributed by atoms with van der Waals surface area (Å²) < 4.78 is 0. The van der Waals surface area contributed by atoms with Crippen LogP contribution in [0.15, 0.2) is 12.1 Å². The van der Waals surface area contributed by atoms with Crippen LogP contribution >= 0.6 is 11.6 Å². The lowest BCUT2D eigenvalue weighted by Crippen LogP contribution is -2.40. The number of nitrogen functional groups attached to an aromatic ring is 1. The number of rotatable bonds is 3. The van der Waals surface area contributed by atoms with Crippen molar-refractivity contribution in [2.24, 2.45) is 0 Å². The zero-order valence-electron chi connectivity index (χ0n) is 10.8. The lowest BCUT2D eigenvalue weighted by molar-refractivity contribution is 0.470. The monoisotopic (exact) mass is 240 g/mol. The van der Waals surface area contributed by atoms with Crippen LogP contribution in [-0.2, 0) is 0 Å². The summed E-state index contributed by atoms with van der Waals surface area (Å²) in [5.41, 5.74) is 8.84. The van der Waals surface area contributed by atoms with Crippen LogP contribution in [0.2, 0.25) is 5.02 Å². The maximum atomic E-state index is 6.07. The minimum Gasteiger partial charge on any atom is -0.398 e. The molecule has 16 heavy (non-hydrogen) atoms. The van der Waals surface area contributed by atoms with E-state index in [4.69, 9.17) is 17.3 Å². The molecule has 1 aromatic rings. The van der Waals surface area contributed by atoms with Crippen LogP contribution in [0.4, 0.5) is 11.4 Å². The molecule has 0 saturated carbocycles. The predicted molar refractivity (Wildman–Crippen MR) is 73.4 cm³/mol. The van der Waals surface area contributed by atoms with Crippen LogP contribution < -0.4 is 10.6 Å². The van der Waals surface area contributed by atoms with Gasteiger partial charge in [-0.1, -0.05) is 18.5 Å². The van der Waals surface area contributed by atoms with Gasteiger partial charge in [-0.25, -0.2) is 0 Å². The number of nitrogens with zero attached hydrogens (tertiary/aromatic N) is 1. The molecule has 0 aliphatic heterocycles. The average Bonchev–Trinajstić information content (AvgIpc) is 2.22. The zero-order chi connectivity index (χ0) is 12.5. The van der Waals surface area contributed by atoms with Crippen molar-refractivity contribution < 1.29 is 0 Å². The first-order valence-corrected chi connectivity index (χ1v) is 5.97. The van der Waals surface area contributed by atoms with Crippen molar-refractivity contribution in [2.45, 2.75) is 39.7 Å². The van der Waals surface area contributed by atoms with Gasteiger partial charge in [-0.05, 0) is 44.9 Å². The minimum atomic E-state index is 0.115. The Morgan fingerprint density at radius 3 is 2.44 bits per heavy atom. The molecule has 0 unspecified atom stereocenters. The third-order valence-corrected chi connectivity index (χ3v) is 3.78. The number of benzene rings is 1. The van der Waals surface area contributed by atoms with Gasteiger partial charge in [0.2, 0.25) is 0 Å². The van der Waals surface area contributed by atoms with Gasteiger partial charge in [0.15, 0.2) is 0 Å². The van der Waals surface area contributed by atoms with Crippen LogP contribution in [0.3, 0.4) is 0 Å². The number of halogens is 1. The van der Waals surface area contributed by atoms with Crippen molar-refractivity contribution in [2.75, 3.05) is 17.7 Å². The van der Waals surface area contributed by atoms with Crippen molar-refractivity contribution >= 4 is 23.0 Å². The maximum absolute atomic E-state index is 6.07. The Labute approximate surface area is 103 Å². The van der Waals surface area contributed by atoms with Crippen LogP contribution in [0.5, 0.6) is 0 Å². The molecule has 0 fully saturated rings. The molecule has 0 aromatic heterocycles. The SMILES string of the molecule is CCC(C)(C)N(C)c1cc(Cl)c(N)cc1C. The van der Waals surface area contributed by atoms with E-state index in [0.29, 0.717) is 10.7 Å². The summed E-state index contributed by atoms with van der Waals surface area (Å²) in [6, 6.07) is 3.88. The molecule has 3 heteroatoms. The fraction of sp³-hybridized carbons (Fsp3) is 0.538. The molecule has 0 atom stereocenters. The second kappa shape index (κ2) is 4.54. The highest BCUT2D eigenvalue weighted by Crippen LogP contribution is 2.33. The van der Waals surface area contributed by atoms with Gasteiger partial charge in [0.05, 0.1) is 10.7 Å². The van der Waals surface area contributed by atoms with E-state index in [1.54, 1.807) is 0 Å². The normalized spacial score (nSPS) is 11.6. The highest BCUT2D eigenvalue weighted by atomic mass is 35.5. The second-order valence-corrected chi connectivity index (χ2v) is 5.29. The third-order valence-electron chi connectivity index (χ3n) is 3.45. The summed E-state index contributed by atoms with van der Waals surface area (Å²) in [6.45, 7) is 8.68. The van der Waals surface area contributed by atoms with Gasteiger partial charge in [-0.2, -0.15) is 0 Å². The van der Waals surface area contributed by atoms with Crippen LogP contribution in [0.25, 0.3) is 0 Å². The summed E-state index contributed by atoms with van der Waals surface area (Å²) in [6.07, 6.45) is 1.07. The van der Waals surface area contributed by atoms with E-state index in [1.165, 1.54) is 0 Å². The smallest absolute Gasteiger partial charge is 0.0656 e. The lowest BCUT2D eigenvalue weighted by atomic mass is 9.98. The molecule has 0 bridgehead atoms. The molecule has 2 N–H and O–H groups in total. The molecule has 1 aromatic carbocycles. The van der Waals surface area contributed by atoms with Gasteiger partial charge in [0.1, 0.15) is 0 Å². The molecule has 0 aliphatic carbocycles. The van der Waals surface area contributed by atoms with Crippen molar-refractivity contribution in [1.82, 2.24) is 0 Å². The number of anilines is 2. The first kappa shape index (κ1) is 13.2. The van der Waals surface area contributed by atoms with Gasteiger partial charge >= 0.3 is 0 Å². The summed E-state index contributed by atoms with van der Waals surface area (Å²) in [4.78, 5) is 2.26. The maximum Gasteiger partial charge on any atom is 0.0656 e. The van der Waals surface area contributed by atoms with Crippen molar-refractivity contribution in [3.8, 4) is 0 Å². The van der Waals surface area contributed by atoms with Crippen molar-refractivity contribution in [3.05, 3.63) is 22.7 Å². The van der Waals surface area contributed by atoms with Crippen LogP contribution in [-0.4, -0.2) is 12.6 Å². The summed E-state index contributed by atoms with van der Waals surface area (Å²) in [5.74, 6) is 0. The molecular weight excluding hydrogens is 220 g/mol. The molecule has 0 saturated heterocycles. The van der Waals surface area contributed by atoms with E-state index in [2.05, 4.69) is 39.6 Å².